The van der Waals surface area contributed by atoms with E-state index in [9.17, 15) is 0 Å². The summed E-state index contributed by atoms with van der Waals surface area (Å²) in [5.41, 5.74) is 14.6. The van der Waals surface area contributed by atoms with Crippen molar-refractivity contribution in [2.24, 2.45) is 10.8 Å². The number of nitrogens with zero attached hydrogens (tertiary/aromatic N) is 2. The van der Waals surface area contributed by atoms with Crippen molar-refractivity contribution in [2.75, 3.05) is 19.6 Å². The van der Waals surface area contributed by atoms with Crippen LogP contribution in [0.3, 0.4) is 0 Å². The van der Waals surface area contributed by atoms with Gasteiger partial charge in [-0.15, -0.1) is 5.10 Å². The van der Waals surface area contributed by atoms with E-state index < -0.39 is 0 Å². The summed E-state index contributed by atoms with van der Waals surface area (Å²) in [6.07, 6.45) is 3.30. The van der Waals surface area contributed by atoms with E-state index in [0.717, 1.165) is 25.9 Å². The molecule has 5 N–H and O–H groups in total. The van der Waals surface area contributed by atoms with E-state index in [4.69, 9.17) is 5.73 Å². The highest BCUT2D eigenvalue weighted by atomic mass is 15.6. The average molecular weight is 212 g/mol. The van der Waals surface area contributed by atoms with Gasteiger partial charge in [0.25, 0.3) is 0 Å². The SMILES string of the molecule is CCCN1CCC2(CC1)NN=C(N)NN2. The largest absolute Gasteiger partial charge is 0.367 e. The number of hydrogen-bond acceptors (Lipinski definition) is 6. The fourth-order valence-electron chi connectivity index (χ4n) is 2.12. The number of rotatable bonds is 2. The first-order valence-electron chi connectivity index (χ1n) is 5.60. The summed E-state index contributed by atoms with van der Waals surface area (Å²) < 4.78 is 0. The van der Waals surface area contributed by atoms with Crippen LogP contribution in [-0.4, -0.2) is 36.2 Å². The molecule has 0 amide bonds. The molecule has 1 fully saturated rings. The maximum Gasteiger partial charge on any atom is 0.225 e. The predicted octanol–water partition coefficient (Wildman–Crippen LogP) is -0.884. The molecule has 2 heterocycles. The van der Waals surface area contributed by atoms with Crippen LogP contribution in [0.25, 0.3) is 0 Å². The van der Waals surface area contributed by atoms with Crippen LogP contribution in [0.1, 0.15) is 26.2 Å². The molecule has 6 nitrogen and oxygen atoms in total. The first kappa shape index (κ1) is 10.5. The minimum atomic E-state index is -0.104. The van der Waals surface area contributed by atoms with Gasteiger partial charge < -0.3 is 10.6 Å². The predicted molar refractivity (Wildman–Crippen MR) is 59.7 cm³/mol. The normalized spacial score (nSPS) is 25.5. The average Bonchev–Trinajstić information content (AvgIpc) is 2.27. The van der Waals surface area contributed by atoms with Gasteiger partial charge in [0, 0.05) is 13.1 Å². The van der Waals surface area contributed by atoms with Gasteiger partial charge in [0.2, 0.25) is 5.96 Å². The van der Waals surface area contributed by atoms with Gasteiger partial charge in [0.1, 0.15) is 5.66 Å². The van der Waals surface area contributed by atoms with Crippen LogP contribution in [0.5, 0.6) is 0 Å². The molecule has 0 bridgehead atoms. The zero-order chi connectivity index (χ0) is 10.7. The second kappa shape index (κ2) is 4.24. The number of piperidine rings is 1. The summed E-state index contributed by atoms with van der Waals surface area (Å²) in [4.78, 5) is 2.48. The number of hydrazone groups is 1. The van der Waals surface area contributed by atoms with Crippen LogP contribution in [-0.2, 0) is 0 Å². The third-order valence-corrected chi connectivity index (χ3v) is 3.07. The van der Waals surface area contributed by atoms with E-state index in [1.165, 1.54) is 13.0 Å². The van der Waals surface area contributed by atoms with Crippen molar-refractivity contribution in [1.82, 2.24) is 21.2 Å². The van der Waals surface area contributed by atoms with Crippen molar-refractivity contribution in [3.63, 3.8) is 0 Å². The Hall–Kier alpha value is -1.01. The molecule has 0 unspecified atom stereocenters. The summed E-state index contributed by atoms with van der Waals surface area (Å²) in [5.74, 6) is 0.400. The standard InChI is InChI=1S/C9H20N6/c1-2-5-15-6-3-9(4-7-15)13-11-8(10)12-14-9/h13-14H,2-7H2,1H3,(H3,10,11,12). The minimum Gasteiger partial charge on any atom is -0.367 e. The van der Waals surface area contributed by atoms with Crippen molar-refractivity contribution in [2.45, 2.75) is 31.8 Å². The van der Waals surface area contributed by atoms with Crippen LogP contribution in [0.2, 0.25) is 0 Å². The molecule has 2 aliphatic heterocycles. The molecule has 1 spiro atoms. The molecule has 86 valence electrons. The van der Waals surface area contributed by atoms with Gasteiger partial charge in [-0.3, -0.25) is 10.9 Å². The van der Waals surface area contributed by atoms with E-state index in [1.807, 2.05) is 0 Å². The monoisotopic (exact) mass is 212 g/mol. The Morgan fingerprint density at radius 1 is 1.47 bits per heavy atom. The number of nitrogens with one attached hydrogen (secondary N) is 3. The van der Waals surface area contributed by atoms with E-state index in [2.05, 4.69) is 33.2 Å². The second-order valence-corrected chi connectivity index (χ2v) is 4.28. The third-order valence-electron chi connectivity index (χ3n) is 3.07. The fourth-order valence-corrected chi connectivity index (χ4v) is 2.12. The molecular formula is C9H20N6. The quantitative estimate of drug-likeness (QED) is 0.478. The molecule has 0 radical (unpaired) electrons. The van der Waals surface area contributed by atoms with E-state index in [-0.39, 0.29) is 5.66 Å². The van der Waals surface area contributed by atoms with Gasteiger partial charge in [0.05, 0.1) is 0 Å². The summed E-state index contributed by atoms with van der Waals surface area (Å²) in [7, 11) is 0. The molecular weight excluding hydrogens is 192 g/mol. The second-order valence-electron chi connectivity index (χ2n) is 4.28. The van der Waals surface area contributed by atoms with Gasteiger partial charge in [-0.2, -0.15) is 0 Å². The number of hydrazine groups is 1. The Kier molecular flexibility index (Phi) is 2.97. The first-order valence-corrected chi connectivity index (χ1v) is 5.60. The smallest absolute Gasteiger partial charge is 0.225 e. The molecule has 2 rings (SSSR count). The molecule has 0 aliphatic carbocycles. The Bertz CT molecular complexity index is 243. The van der Waals surface area contributed by atoms with Gasteiger partial charge >= 0.3 is 0 Å². The Morgan fingerprint density at radius 3 is 2.73 bits per heavy atom. The van der Waals surface area contributed by atoms with Gasteiger partial charge in [-0.1, -0.05) is 6.92 Å². The molecule has 0 aromatic carbocycles. The highest BCUT2D eigenvalue weighted by Gasteiger charge is 2.35. The Labute approximate surface area is 90.2 Å². The zero-order valence-electron chi connectivity index (χ0n) is 9.21. The van der Waals surface area contributed by atoms with Crippen LogP contribution >= 0.6 is 0 Å². The van der Waals surface area contributed by atoms with Crippen molar-refractivity contribution < 1.29 is 0 Å². The van der Waals surface area contributed by atoms with Crippen molar-refractivity contribution in [3.8, 4) is 0 Å². The van der Waals surface area contributed by atoms with E-state index in [0.29, 0.717) is 5.96 Å². The lowest BCUT2D eigenvalue weighted by Crippen LogP contribution is -2.69. The Balaban J connectivity index is 1.87. The van der Waals surface area contributed by atoms with Crippen LogP contribution in [0.4, 0.5) is 0 Å². The molecule has 1 saturated heterocycles. The van der Waals surface area contributed by atoms with Crippen molar-refractivity contribution in [3.05, 3.63) is 0 Å². The van der Waals surface area contributed by atoms with E-state index >= 15 is 0 Å². The highest BCUT2D eigenvalue weighted by Crippen LogP contribution is 2.20. The maximum atomic E-state index is 5.50. The first-order chi connectivity index (χ1) is 7.24. The summed E-state index contributed by atoms with van der Waals surface area (Å²) in [6.45, 7) is 5.61. The fraction of sp³-hybridized carbons (Fsp3) is 0.889. The molecule has 6 heteroatoms. The topological polar surface area (TPSA) is 77.7 Å². The molecule has 15 heavy (non-hydrogen) atoms. The Morgan fingerprint density at radius 2 is 2.20 bits per heavy atom. The zero-order valence-corrected chi connectivity index (χ0v) is 9.21. The van der Waals surface area contributed by atoms with Gasteiger partial charge in [0.15, 0.2) is 0 Å². The molecule has 0 saturated carbocycles. The van der Waals surface area contributed by atoms with Gasteiger partial charge in [-0.25, -0.2) is 5.43 Å². The van der Waals surface area contributed by atoms with Crippen molar-refractivity contribution in [1.29, 1.82) is 0 Å². The number of nitrogens with two attached hydrogens (primary N) is 1. The summed E-state index contributed by atoms with van der Waals surface area (Å²) in [6, 6.07) is 0. The number of hydrogen-bond donors (Lipinski definition) is 4. The molecule has 0 aromatic heterocycles. The van der Waals surface area contributed by atoms with Crippen LogP contribution in [0.15, 0.2) is 5.10 Å². The number of guanidine groups is 1. The van der Waals surface area contributed by atoms with E-state index in [1.54, 1.807) is 0 Å². The number of likely N-dealkylation sites (tertiary alicyclic amines) is 1. The van der Waals surface area contributed by atoms with Crippen LogP contribution in [0, 0.1) is 0 Å². The van der Waals surface area contributed by atoms with Crippen molar-refractivity contribution >= 4 is 5.96 Å². The minimum absolute atomic E-state index is 0.104. The lowest BCUT2D eigenvalue weighted by Gasteiger charge is -2.43. The third kappa shape index (κ3) is 2.32. The van der Waals surface area contributed by atoms with Crippen LogP contribution < -0.4 is 22.0 Å². The maximum absolute atomic E-state index is 5.50. The lowest BCUT2D eigenvalue weighted by atomic mass is 9.98. The highest BCUT2D eigenvalue weighted by molar-refractivity contribution is 5.77. The lowest BCUT2D eigenvalue weighted by molar-refractivity contribution is 0.0963. The summed E-state index contributed by atoms with van der Waals surface area (Å²) >= 11 is 0. The molecule has 0 atom stereocenters. The van der Waals surface area contributed by atoms with Gasteiger partial charge in [-0.05, 0) is 25.8 Å². The molecule has 0 aromatic rings. The molecule has 2 aliphatic rings. The summed E-state index contributed by atoms with van der Waals surface area (Å²) in [5, 5.41) is 4.03.